The normalized spacial score (nSPS) is 31.2. The highest BCUT2D eigenvalue weighted by atomic mass is 16.8. The molecule has 3 nitrogen and oxygen atoms in total. The minimum absolute atomic E-state index is 0.0150. The van der Waals surface area contributed by atoms with Gasteiger partial charge in [-0.1, -0.05) is 0 Å². The molecule has 0 N–H and O–H groups in total. The van der Waals surface area contributed by atoms with Crippen LogP contribution in [0.15, 0.2) is 0 Å². The van der Waals surface area contributed by atoms with Crippen molar-refractivity contribution in [3.63, 3.8) is 0 Å². The zero-order chi connectivity index (χ0) is 7.56. The van der Waals surface area contributed by atoms with E-state index in [9.17, 15) is 0 Å². The highest BCUT2D eigenvalue weighted by Crippen LogP contribution is 2.22. The van der Waals surface area contributed by atoms with Crippen molar-refractivity contribution < 1.29 is 14.2 Å². The van der Waals surface area contributed by atoms with Crippen molar-refractivity contribution in [3.8, 4) is 0 Å². The molecule has 0 bridgehead atoms. The predicted molar refractivity (Wildman–Crippen MR) is 36.8 cm³/mol. The summed E-state index contributed by atoms with van der Waals surface area (Å²) in [5, 5.41) is 0. The first-order valence-electron chi connectivity index (χ1n) is 3.54. The zero-order valence-corrected chi connectivity index (χ0v) is 6.66. The van der Waals surface area contributed by atoms with E-state index in [-0.39, 0.29) is 18.5 Å². The third kappa shape index (κ3) is 2.25. The molecule has 2 unspecified atom stereocenters. The molecule has 1 aliphatic heterocycles. The Morgan fingerprint density at radius 3 is 2.60 bits per heavy atom. The van der Waals surface area contributed by atoms with Crippen LogP contribution in [0.25, 0.3) is 0 Å². The SMILES string of the molecule is COC1OC1COC(C)C. The van der Waals surface area contributed by atoms with Gasteiger partial charge in [-0.05, 0) is 13.8 Å². The van der Waals surface area contributed by atoms with Crippen molar-refractivity contribution in [2.45, 2.75) is 32.3 Å². The smallest absolute Gasteiger partial charge is 0.186 e. The van der Waals surface area contributed by atoms with E-state index in [0.29, 0.717) is 6.61 Å². The number of rotatable bonds is 4. The number of hydrogen-bond donors (Lipinski definition) is 0. The third-order valence-corrected chi connectivity index (χ3v) is 1.36. The molecule has 0 saturated carbocycles. The molecule has 0 aliphatic carbocycles. The molecule has 0 aromatic heterocycles. The average molecular weight is 146 g/mol. The van der Waals surface area contributed by atoms with E-state index < -0.39 is 0 Å². The first-order chi connectivity index (χ1) is 4.74. The van der Waals surface area contributed by atoms with Crippen LogP contribution in [0, 0.1) is 0 Å². The van der Waals surface area contributed by atoms with E-state index in [2.05, 4.69) is 0 Å². The van der Waals surface area contributed by atoms with Crippen molar-refractivity contribution in [2.24, 2.45) is 0 Å². The van der Waals surface area contributed by atoms with Crippen LogP contribution in [-0.2, 0) is 14.2 Å². The Labute approximate surface area is 61.3 Å². The largest absolute Gasteiger partial charge is 0.376 e. The Balaban J connectivity index is 1.96. The van der Waals surface area contributed by atoms with Gasteiger partial charge in [0.25, 0.3) is 0 Å². The summed E-state index contributed by atoms with van der Waals surface area (Å²) in [6.07, 6.45) is 0.438. The van der Waals surface area contributed by atoms with Gasteiger partial charge >= 0.3 is 0 Å². The molecule has 1 heterocycles. The molecule has 1 rings (SSSR count). The maximum atomic E-state index is 5.29. The highest BCUT2D eigenvalue weighted by Gasteiger charge is 2.39. The fraction of sp³-hybridized carbons (Fsp3) is 1.00. The highest BCUT2D eigenvalue weighted by molar-refractivity contribution is 4.75. The lowest BCUT2D eigenvalue weighted by Gasteiger charge is -2.03. The lowest BCUT2D eigenvalue weighted by atomic mass is 10.4. The van der Waals surface area contributed by atoms with Crippen molar-refractivity contribution in [1.82, 2.24) is 0 Å². The molecule has 1 fully saturated rings. The number of methoxy groups -OCH3 is 1. The summed E-state index contributed by atoms with van der Waals surface area (Å²) >= 11 is 0. The summed E-state index contributed by atoms with van der Waals surface area (Å²) in [4.78, 5) is 0. The minimum Gasteiger partial charge on any atom is -0.376 e. The van der Waals surface area contributed by atoms with Crippen LogP contribution in [0.5, 0.6) is 0 Å². The van der Waals surface area contributed by atoms with E-state index in [1.54, 1.807) is 7.11 Å². The molecule has 0 amide bonds. The standard InChI is InChI=1S/C7H14O3/c1-5(2)9-4-6-7(8-3)10-6/h5-7H,4H2,1-3H3. The molecule has 10 heavy (non-hydrogen) atoms. The van der Waals surface area contributed by atoms with Crippen LogP contribution in [-0.4, -0.2) is 32.2 Å². The van der Waals surface area contributed by atoms with Crippen molar-refractivity contribution in [3.05, 3.63) is 0 Å². The molecular formula is C7H14O3. The fourth-order valence-corrected chi connectivity index (χ4v) is 0.739. The fourth-order valence-electron chi connectivity index (χ4n) is 0.739. The molecule has 2 atom stereocenters. The maximum Gasteiger partial charge on any atom is 0.186 e. The van der Waals surface area contributed by atoms with Crippen LogP contribution < -0.4 is 0 Å². The predicted octanol–water partition coefficient (Wildman–Crippen LogP) is 0.783. The summed E-state index contributed by atoms with van der Waals surface area (Å²) < 4.78 is 15.3. The third-order valence-electron chi connectivity index (χ3n) is 1.36. The summed E-state index contributed by atoms with van der Waals surface area (Å²) in [7, 11) is 1.64. The number of hydrogen-bond acceptors (Lipinski definition) is 3. The second-order valence-electron chi connectivity index (χ2n) is 2.66. The average Bonchev–Trinajstić information content (AvgIpc) is 2.61. The van der Waals surface area contributed by atoms with Crippen LogP contribution in [0.4, 0.5) is 0 Å². The Morgan fingerprint density at radius 2 is 2.20 bits per heavy atom. The maximum absolute atomic E-state index is 5.29. The van der Waals surface area contributed by atoms with E-state index in [1.807, 2.05) is 13.8 Å². The van der Waals surface area contributed by atoms with Crippen LogP contribution in [0.3, 0.4) is 0 Å². The first-order valence-corrected chi connectivity index (χ1v) is 3.54. The van der Waals surface area contributed by atoms with E-state index in [4.69, 9.17) is 14.2 Å². The van der Waals surface area contributed by atoms with Gasteiger partial charge in [0.2, 0.25) is 0 Å². The van der Waals surface area contributed by atoms with Gasteiger partial charge in [0.05, 0.1) is 12.7 Å². The summed E-state index contributed by atoms with van der Waals surface area (Å²) in [5.41, 5.74) is 0. The van der Waals surface area contributed by atoms with Crippen LogP contribution >= 0.6 is 0 Å². The molecule has 0 aromatic rings. The first kappa shape index (κ1) is 7.98. The molecule has 1 saturated heterocycles. The summed E-state index contributed by atoms with van der Waals surface area (Å²) in [5.74, 6) is 0. The summed E-state index contributed by atoms with van der Waals surface area (Å²) in [6, 6.07) is 0. The van der Waals surface area contributed by atoms with Crippen molar-refractivity contribution >= 4 is 0 Å². The molecule has 0 aromatic carbocycles. The molecule has 1 aliphatic rings. The Hall–Kier alpha value is -0.120. The number of epoxide rings is 1. The lowest BCUT2D eigenvalue weighted by Crippen LogP contribution is -2.10. The second-order valence-corrected chi connectivity index (χ2v) is 2.66. The molecule has 0 spiro atoms. The van der Waals surface area contributed by atoms with Gasteiger partial charge in [0, 0.05) is 7.11 Å². The molecule has 3 heteroatoms. The zero-order valence-electron chi connectivity index (χ0n) is 6.66. The van der Waals surface area contributed by atoms with Crippen LogP contribution in [0.1, 0.15) is 13.8 Å². The molecule has 60 valence electrons. The quantitative estimate of drug-likeness (QED) is 0.549. The van der Waals surface area contributed by atoms with E-state index >= 15 is 0 Å². The van der Waals surface area contributed by atoms with Crippen molar-refractivity contribution in [2.75, 3.05) is 13.7 Å². The summed E-state index contributed by atoms with van der Waals surface area (Å²) in [6.45, 7) is 4.66. The van der Waals surface area contributed by atoms with Gasteiger partial charge < -0.3 is 14.2 Å². The van der Waals surface area contributed by atoms with Gasteiger partial charge in [0.1, 0.15) is 6.10 Å². The Kier molecular flexibility index (Phi) is 2.65. The van der Waals surface area contributed by atoms with E-state index in [1.165, 1.54) is 0 Å². The van der Waals surface area contributed by atoms with Gasteiger partial charge in [-0.3, -0.25) is 0 Å². The van der Waals surface area contributed by atoms with Gasteiger partial charge in [-0.2, -0.15) is 0 Å². The second kappa shape index (κ2) is 3.32. The topological polar surface area (TPSA) is 31.0 Å². The Morgan fingerprint density at radius 1 is 1.50 bits per heavy atom. The minimum atomic E-state index is -0.0150. The van der Waals surface area contributed by atoms with Crippen molar-refractivity contribution in [1.29, 1.82) is 0 Å². The lowest BCUT2D eigenvalue weighted by molar-refractivity contribution is 0.0661. The van der Waals surface area contributed by atoms with Gasteiger partial charge in [-0.15, -0.1) is 0 Å². The monoisotopic (exact) mass is 146 g/mol. The number of ether oxygens (including phenoxy) is 3. The van der Waals surface area contributed by atoms with Crippen LogP contribution in [0.2, 0.25) is 0 Å². The molecular weight excluding hydrogens is 132 g/mol. The van der Waals surface area contributed by atoms with E-state index in [0.717, 1.165) is 0 Å². The Bertz CT molecular complexity index is 103. The molecule has 0 radical (unpaired) electrons. The van der Waals surface area contributed by atoms with Gasteiger partial charge in [-0.25, -0.2) is 0 Å². The van der Waals surface area contributed by atoms with Gasteiger partial charge in [0.15, 0.2) is 6.29 Å².